The second-order valence-electron chi connectivity index (χ2n) is 5.82. The van der Waals surface area contributed by atoms with Gasteiger partial charge in [-0.3, -0.25) is 4.98 Å². The van der Waals surface area contributed by atoms with Crippen molar-refractivity contribution >= 4 is 33.2 Å². The van der Waals surface area contributed by atoms with Crippen molar-refractivity contribution in [2.75, 3.05) is 13.1 Å². The molecule has 3 N–H and O–H groups in total. The minimum atomic E-state index is -3.57. The third-order valence-electron chi connectivity index (χ3n) is 3.75. The van der Waals surface area contributed by atoms with Crippen molar-refractivity contribution in [1.29, 1.82) is 0 Å². The maximum atomic E-state index is 12.5. The fourth-order valence-electron chi connectivity index (χ4n) is 2.48. The highest BCUT2D eigenvalue weighted by molar-refractivity contribution is 7.89. The Hall–Kier alpha value is -2.07. The van der Waals surface area contributed by atoms with Gasteiger partial charge in [-0.05, 0) is 30.5 Å². The first kappa shape index (κ1) is 20.2. The Labute approximate surface area is 158 Å². The van der Waals surface area contributed by atoms with Gasteiger partial charge < -0.3 is 5.32 Å². The molecule has 140 valence electrons. The van der Waals surface area contributed by atoms with E-state index in [1.807, 2.05) is 6.92 Å². The van der Waals surface area contributed by atoms with Crippen molar-refractivity contribution in [2.24, 2.45) is 0 Å². The molecule has 3 aromatic rings. The summed E-state index contributed by atoms with van der Waals surface area (Å²) >= 11 is 0. The van der Waals surface area contributed by atoms with E-state index in [1.165, 1.54) is 0 Å². The number of aromatic amines is 1. The third-order valence-corrected chi connectivity index (χ3v) is 5.34. The second kappa shape index (κ2) is 9.04. The van der Waals surface area contributed by atoms with Crippen LogP contribution in [0.2, 0.25) is 0 Å². The zero-order valence-electron chi connectivity index (χ0n) is 14.2. The van der Waals surface area contributed by atoms with Crippen LogP contribution in [-0.2, 0) is 16.4 Å². The zero-order chi connectivity index (χ0) is 17.7. The first-order valence-electron chi connectivity index (χ1n) is 7.96. The van der Waals surface area contributed by atoms with Crippen molar-refractivity contribution in [1.82, 2.24) is 30.4 Å². The van der Waals surface area contributed by atoms with Crippen molar-refractivity contribution in [3.05, 3.63) is 48.5 Å². The number of halogens is 1. The Kier molecular flexibility index (Phi) is 7.04. The molecule has 1 atom stereocenters. The summed E-state index contributed by atoms with van der Waals surface area (Å²) in [6.07, 6.45) is 5.76. The number of hydrogen-bond acceptors (Lipinski definition) is 6. The molecule has 0 radical (unpaired) electrons. The molecule has 3 rings (SSSR count). The van der Waals surface area contributed by atoms with E-state index in [2.05, 4.69) is 30.4 Å². The number of sulfonamides is 1. The smallest absolute Gasteiger partial charge is 0.240 e. The molecule has 26 heavy (non-hydrogen) atoms. The summed E-state index contributed by atoms with van der Waals surface area (Å²) in [6, 6.07) is 6.57. The predicted molar refractivity (Wildman–Crippen MR) is 102 cm³/mol. The highest BCUT2D eigenvalue weighted by Gasteiger charge is 2.17. The first-order chi connectivity index (χ1) is 12.0. The van der Waals surface area contributed by atoms with Crippen LogP contribution in [0.4, 0.5) is 0 Å². The minimum Gasteiger partial charge on any atom is -0.315 e. The standard InChI is InChI=1S/C16H20N6O2S.ClH/c1-12(9-17-7-5-15-11-19-22-20-15)21-25(23,24)16-3-2-14-10-18-6-4-13(14)8-16;/h2-4,6,8,10-12,17,21H,5,7,9H2,1H3,(H,19,20,22);1H. The second-order valence-corrected chi connectivity index (χ2v) is 7.54. The summed E-state index contributed by atoms with van der Waals surface area (Å²) in [6.45, 7) is 3.04. The van der Waals surface area contributed by atoms with Crippen molar-refractivity contribution in [2.45, 2.75) is 24.3 Å². The van der Waals surface area contributed by atoms with E-state index in [1.54, 1.807) is 42.9 Å². The van der Waals surface area contributed by atoms with Crippen LogP contribution in [-0.4, -0.2) is 47.9 Å². The van der Waals surface area contributed by atoms with Crippen molar-refractivity contribution < 1.29 is 8.42 Å². The molecule has 2 heterocycles. The van der Waals surface area contributed by atoms with Crippen molar-refractivity contribution in [3.63, 3.8) is 0 Å². The molecule has 0 aliphatic carbocycles. The quantitative estimate of drug-likeness (QED) is 0.494. The molecule has 0 aliphatic heterocycles. The van der Waals surface area contributed by atoms with Crippen LogP contribution in [0.3, 0.4) is 0 Å². The molecular formula is C16H21ClN6O2S. The van der Waals surface area contributed by atoms with E-state index < -0.39 is 10.0 Å². The van der Waals surface area contributed by atoms with Crippen LogP contribution in [0.25, 0.3) is 10.8 Å². The number of pyridine rings is 1. The van der Waals surface area contributed by atoms with Crippen LogP contribution < -0.4 is 10.0 Å². The summed E-state index contributed by atoms with van der Waals surface area (Å²) in [4.78, 5) is 4.28. The maximum Gasteiger partial charge on any atom is 0.240 e. The van der Waals surface area contributed by atoms with E-state index in [0.717, 1.165) is 22.9 Å². The fraction of sp³-hybridized carbons (Fsp3) is 0.312. The SMILES string of the molecule is CC(CNCCc1cn[nH]n1)NS(=O)(=O)c1ccc2cnccc2c1.Cl. The molecule has 0 aliphatic rings. The van der Waals surface area contributed by atoms with Gasteiger partial charge in [0.25, 0.3) is 0 Å². The molecule has 1 aromatic carbocycles. The number of rotatable bonds is 8. The van der Waals surface area contributed by atoms with Gasteiger partial charge in [-0.2, -0.15) is 15.4 Å². The largest absolute Gasteiger partial charge is 0.315 e. The molecule has 10 heteroatoms. The van der Waals surface area contributed by atoms with E-state index in [9.17, 15) is 8.42 Å². The summed E-state index contributed by atoms with van der Waals surface area (Å²) in [5.41, 5.74) is 0.867. The average Bonchev–Trinajstić information content (AvgIpc) is 3.11. The number of aromatic nitrogens is 4. The van der Waals surface area contributed by atoms with Gasteiger partial charge in [0.1, 0.15) is 0 Å². The zero-order valence-corrected chi connectivity index (χ0v) is 15.8. The molecule has 0 fully saturated rings. The molecule has 0 saturated heterocycles. The number of hydrogen-bond donors (Lipinski definition) is 3. The van der Waals surface area contributed by atoms with Crippen LogP contribution >= 0.6 is 12.4 Å². The maximum absolute atomic E-state index is 12.5. The summed E-state index contributed by atoms with van der Waals surface area (Å²) in [5.74, 6) is 0. The van der Waals surface area contributed by atoms with E-state index >= 15 is 0 Å². The summed E-state index contributed by atoms with van der Waals surface area (Å²) in [5, 5.41) is 15.2. The number of nitrogens with zero attached hydrogens (tertiary/aromatic N) is 3. The lowest BCUT2D eigenvalue weighted by Crippen LogP contribution is -2.40. The Morgan fingerprint density at radius 1 is 1.19 bits per heavy atom. The van der Waals surface area contributed by atoms with Gasteiger partial charge in [-0.15, -0.1) is 12.4 Å². The van der Waals surface area contributed by atoms with Gasteiger partial charge in [0.05, 0.1) is 16.8 Å². The molecule has 2 aromatic heterocycles. The van der Waals surface area contributed by atoms with Gasteiger partial charge in [0.15, 0.2) is 0 Å². The number of H-pyrrole nitrogens is 1. The monoisotopic (exact) mass is 396 g/mol. The number of benzene rings is 1. The lowest BCUT2D eigenvalue weighted by Gasteiger charge is -2.15. The van der Waals surface area contributed by atoms with Crippen LogP contribution in [0.1, 0.15) is 12.6 Å². The summed E-state index contributed by atoms with van der Waals surface area (Å²) < 4.78 is 27.7. The lowest BCUT2D eigenvalue weighted by molar-refractivity contribution is 0.536. The van der Waals surface area contributed by atoms with Crippen molar-refractivity contribution in [3.8, 4) is 0 Å². The third kappa shape index (κ3) is 5.21. The lowest BCUT2D eigenvalue weighted by atomic mass is 10.2. The van der Waals surface area contributed by atoms with Gasteiger partial charge in [0, 0.05) is 43.3 Å². The van der Waals surface area contributed by atoms with Crippen LogP contribution in [0.5, 0.6) is 0 Å². The average molecular weight is 397 g/mol. The highest BCUT2D eigenvalue weighted by atomic mass is 35.5. The Morgan fingerprint density at radius 3 is 2.81 bits per heavy atom. The molecule has 0 bridgehead atoms. The number of fused-ring (bicyclic) bond motifs is 1. The normalized spacial score (nSPS) is 12.7. The summed E-state index contributed by atoms with van der Waals surface area (Å²) in [7, 11) is -3.57. The fourth-order valence-corrected chi connectivity index (χ4v) is 3.76. The Morgan fingerprint density at radius 2 is 2.04 bits per heavy atom. The first-order valence-corrected chi connectivity index (χ1v) is 9.44. The topological polar surface area (TPSA) is 113 Å². The molecule has 8 nitrogen and oxygen atoms in total. The van der Waals surface area contributed by atoms with Gasteiger partial charge in [-0.1, -0.05) is 6.07 Å². The van der Waals surface area contributed by atoms with Gasteiger partial charge >= 0.3 is 0 Å². The van der Waals surface area contributed by atoms with E-state index in [4.69, 9.17) is 0 Å². The van der Waals surface area contributed by atoms with Crippen LogP contribution in [0, 0.1) is 0 Å². The molecule has 0 saturated carbocycles. The molecule has 1 unspecified atom stereocenters. The molecule has 0 spiro atoms. The molecular weight excluding hydrogens is 376 g/mol. The van der Waals surface area contributed by atoms with E-state index in [-0.39, 0.29) is 23.3 Å². The molecule has 0 amide bonds. The Balaban J connectivity index is 0.00000243. The number of nitrogens with one attached hydrogen (secondary N) is 3. The van der Waals surface area contributed by atoms with Crippen LogP contribution in [0.15, 0.2) is 47.8 Å². The van der Waals surface area contributed by atoms with Gasteiger partial charge in [0.2, 0.25) is 10.0 Å². The predicted octanol–water partition coefficient (Wildman–Crippen LogP) is 1.27. The van der Waals surface area contributed by atoms with Gasteiger partial charge in [-0.25, -0.2) is 13.1 Å². The minimum absolute atomic E-state index is 0. The Bertz CT molecular complexity index is 933. The van der Waals surface area contributed by atoms with E-state index in [0.29, 0.717) is 13.1 Å². The highest BCUT2D eigenvalue weighted by Crippen LogP contribution is 2.18.